The highest BCUT2D eigenvalue weighted by atomic mass is 35.5. The predicted molar refractivity (Wildman–Crippen MR) is 105 cm³/mol. The van der Waals surface area contributed by atoms with E-state index < -0.39 is 5.97 Å². The van der Waals surface area contributed by atoms with E-state index in [1.54, 1.807) is 0 Å². The molecule has 0 bridgehead atoms. The van der Waals surface area contributed by atoms with Crippen molar-refractivity contribution < 1.29 is 9.90 Å². The van der Waals surface area contributed by atoms with Crippen LogP contribution in [0, 0.1) is 5.92 Å². The lowest BCUT2D eigenvalue weighted by Crippen LogP contribution is -2.31. The van der Waals surface area contributed by atoms with Gasteiger partial charge in [-0.2, -0.15) is 0 Å². The molecule has 0 aliphatic carbocycles. The van der Waals surface area contributed by atoms with Crippen LogP contribution in [-0.2, 0) is 4.79 Å². The van der Waals surface area contributed by atoms with Crippen LogP contribution in [0.3, 0.4) is 0 Å². The molecule has 3 nitrogen and oxygen atoms in total. The van der Waals surface area contributed by atoms with Crippen LogP contribution in [0.5, 0.6) is 0 Å². The molecule has 1 heterocycles. The maximum absolute atomic E-state index is 11.3. The van der Waals surface area contributed by atoms with Gasteiger partial charge in [-0.1, -0.05) is 56.2 Å². The lowest BCUT2D eigenvalue weighted by Gasteiger charge is -2.27. The van der Waals surface area contributed by atoms with Gasteiger partial charge in [-0.15, -0.1) is 24.8 Å². The average molecular weight is 374 g/mol. The van der Waals surface area contributed by atoms with E-state index >= 15 is 0 Å². The molecule has 1 unspecified atom stereocenters. The molecule has 1 N–H and O–H groups in total. The van der Waals surface area contributed by atoms with Crippen LogP contribution in [0.15, 0.2) is 36.4 Å². The molecule has 1 aromatic carbocycles. The Morgan fingerprint density at radius 1 is 1.21 bits per heavy atom. The number of benzene rings is 1. The van der Waals surface area contributed by atoms with Crippen LogP contribution in [0.25, 0.3) is 5.57 Å². The van der Waals surface area contributed by atoms with Gasteiger partial charge in [0.15, 0.2) is 0 Å². The van der Waals surface area contributed by atoms with Crippen LogP contribution in [0.1, 0.15) is 44.6 Å². The fraction of sp³-hybridized carbons (Fsp3) is 0.526. The molecule has 0 saturated heterocycles. The molecule has 1 aromatic rings. The molecule has 1 aliphatic heterocycles. The number of nitrogens with zero attached hydrogens (tertiary/aromatic N) is 1. The lowest BCUT2D eigenvalue weighted by atomic mass is 9.97. The second-order valence-electron chi connectivity index (χ2n) is 6.11. The summed E-state index contributed by atoms with van der Waals surface area (Å²) in [4.78, 5) is 13.7. The van der Waals surface area contributed by atoms with E-state index in [4.69, 9.17) is 0 Å². The molecule has 0 fully saturated rings. The van der Waals surface area contributed by atoms with Gasteiger partial charge in [-0.05, 0) is 36.9 Å². The second kappa shape index (κ2) is 12.3. The molecule has 24 heavy (non-hydrogen) atoms. The summed E-state index contributed by atoms with van der Waals surface area (Å²) in [6.45, 7) is 4.96. The topological polar surface area (TPSA) is 40.5 Å². The first-order valence-electron chi connectivity index (χ1n) is 8.40. The molecule has 0 saturated carbocycles. The Kier molecular flexibility index (Phi) is 11.8. The molecular weight excluding hydrogens is 345 g/mol. The minimum Gasteiger partial charge on any atom is -0.481 e. The third-order valence-corrected chi connectivity index (χ3v) is 4.49. The summed E-state index contributed by atoms with van der Waals surface area (Å²) in [5.41, 5.74) is 2.73. The summed E-state index contributed by atoms with van der Waals surface area (Å²) in [5, 5.41) is 9.29. The second-order valence-corrected chi connectivity index (χ2v) is 6.11. The largest absolute Gasteiger partial charge is 0.481 e. The zero-order chi connectivity index (χ0) is 15.8. The standard InChI is InChI=1S/C19H27NO2.2ClH/c1-2-3-7-18(19(21)22)12-15-20-13-10-17(11-14-20)16-8-5-4-6-9-16;;/h4-6,8-10,18H,2-3,7,11-15H2,1H3,(H,21,22);2*1H. The van der Waals surface area contributed by atoms with Crippen LogP contribution in [0.2, 0.25) is 0 Å². The molecule has 136 valence electrons. The molecule has 0 aromatic heterocycles. The Morgan fingerprint density at radius 2 is 1.92 bits per heavy atom. The fourth-order valence-electron chi connectivity index (χ4n) is 3.01. The minimum absolute atomic E-state index is 0. The van der Waals surface area contributed by atoms with Crippen molar-refractivity contribution in [2.75, 3.05) is 19.6 Å². The molecule has 2 rings (SSSR count). The van der Waals surface area contributed by atoms with E-state index in [0.29, 0.717) is 0 Å². The van der Waals surface area contributed by atoms with Gasteiger partial charge in [0.2, 0.25) is 0 Å². The van der Waals surface area contributed by atoms with Crippen LogP contribution < -0.4 is 0 Å². The van der Waals surface area contributed by atoms with Crippen molar-refractivity contribution in [3.8, 4) is 0 Å². The number of carboxylic acids is 1. The smallest absolute Gasteiger partial charge is 0.306 e. The third-order valence-electron chi connectivity index (χ3n) is 4.49. The van der Waals surface area contributed by atoms with Crippen LogP contribution in [-0.4, -0.2) is 35.6 Å². The van der Waals surface area contributed by atoms with E-state index in [0.717, 1.165) is 51.7 Å². The number of rotatable bonds is 8. The summed E-state index contributed by atoms with van der Waals surface area (Å²) in [6.07, 6.45) is 7.00. The monoisotopic (exact) mass is 373 g/mol. The Balaban J connectivity index is 0.00000264. The summed E-state index contributed by atoms with van der Waals surface area (Å²) < 4.78 is 0. The van der Waals surface area contributed by atoms with Crippen molar-refractivity contribution in [2.24, 2.45) is 5.92 Å². The van der Waals surface area contributed by atoms with E-state index in [-0.39, 0.29) is 30.7 Å². The maximum Gasteiger partial charge on any atom is 0.306 e. The first-order valence-corrected chi connectivity index (χ1v) is 8.40. The normalized spacial score (nSPS) is 15.6. The van der Waals surface area contributed by atoms with Gasteiger partial charge in [-0.3, -0.25) is 9.69 Å². The third kappa shape index (κ3) is 7.25. The molecule has 1 atom stereocenters. The van der Waals surface area contributed by atoms with Gasteiger partial charge >= 0.3 is 5.97 Å². The zero-order valence-corrected chi connectivity index (χ0v) is 16.0. The van der Waals surface area contributed by atoms with E-state index in [1.807, 2.05) is 6.07 Å². The zero-order valence-electron chi connectivity index (χ0n) is 14.3. The number of carboxylic acid groups (broad SMARTS) is 1. The summed E-state index contributed by atoms with van der Waals surface area (Å²) in [7, 11) is 0. The number of unbranched alkanes of at least 4 members (excludes halogenated alkanes) is 1. The van der Waals surface area contributed by atoms with Gasteiger partial charge in [0, 0.05) is 13.1 Å². The Labute approximate surface area is 158 Å². The Bertz CT molecular complexity index is 505. The highest BCUT2D eigenvalue weighted by Gasteiger charge is 2.19. The van der Waals surface area contributed by atoms with Gasteiger partial charge < -0.3 is 5.11 Å². The van der Waals surface area contributed by atoms with Gasteiger partial charge in [0.05, 0.1) is 5.92 Å². The Morgan fingerprint density at radius 3 is 2.46 bits per heavy atom. The molecule has 0 spiro atoms. The maximum atomic E-state index is 11.3. The summed E-state index contributed by atoms with van der Waals surface area (Å²) in [5.74, 6) is -0.814. The number of hydrogen-bond acceptors (Lipinski definition) is 2. The number of carbonyl (C=O) groups is 1. The van der Waals surface area contributed by atoms with Crippen LogP contribution >= 0.6 is 24.8 Å². The van der Waals surface area contributed by atoms with Crippen molar-refractivity contribution in [2.45, 2.75) is 39.0 Å². The van der Waals surface area contributed by atoms with Gasteiger partial charge in [0.1, 0.15) is 0 Å². The van der Waals surface area contributed by atoms with E-state index in [2.05, 4.69) is 42.2 Å². The van der Waals surface area contributed by atoms with Crippen LogP contribution in [0.4, 0.5) is 0 Å². The molecule has 0 amide bonds. The van der Waals surface area contributed by atoms with Crippen molar-refractivity contribution >= 4 is 36.4 Å². The number of hydrogen-bond donors (Lipinski definition) is 1. The first-order chi connectivity index (χ1) is 10.7. The summed E-state index contributed by atoms with van der Waals surface area (Å²) in [6, 6.07) is 10.5. The van der Waals surface area contributed by atoms with Crippen molar-refractivity contribution in [3.63, 3.8) is 0 Å². The number of aliphatic carboxylic acids is 1. The quantitative estimate of drug-likeness (QED) is 0.704. The molecular formula is C19H29Cl2NO2. The van der Waals surface area contributed by atoms with Gasteiger partial charge in [0.25, 0.3) is 0 Å². The average Bonchev–Trinajstić information content (AvgIpc) is 2.56. The fourth-order valence-corrected chi connectivity index (χ4v) is 3.01. The van der Waals surface area contributed by atoms with E-state index in [1.165, 1.54) is 11.1 Å². The predicted octanol–water partition coefficient (Wildman–Crippen LogP) is 4.90. The van der Waals surface area contributed by atoms with Crippen molar-refractivity contribution in [3.05, 3.63) is 42.0 Å². The minimum atomic E-state index is -0.633. The highest BCUT2D eigenvalue weighted by molar-refractivity contribution is 5.85. The first kappa shape index (κ1) is 23.0. The van der Waals surface area contributed by atoms with Crippen molar-refractivity contribution in [1.29, 1.82) is 0 Å². The SMILES string of the molecule is CCCCC(CCN1CC=C(c2ccccc2)CC1)C(=O)O.Cl.Cl. The molecule has 1 aliphatic rings. The van der Waals surface area contributed by atoms with Crippen molar-refractivity contribution in [1.82, 2.24) is 4.90 Å². The Hall–Kier alpha value is -1.03. The highest BCUT2D eigenvalue weighted by Crippen LogP contribution is 2.23. The van der Waals surface area contributed by atoms with E-state index in [9.17, 15) is 9.90 Å². The summed E-state index contributed by atoms with van der Waals surface area (Å²) >= 11 is 0. The molecule has 5 heteroatoms. The number of halogens is 2. The van der Waals surface area contributed by atoms with Gasteiger partial charge in [-0.25, -0.2) is 0 Å². The lowest BCUT2D eigenvalue weighted by molar-refractivity contribution is -0.142. The molecule has 0 radical (unpaired) electrons.